The highest BCUT2D eigenvalue weighted by Gasteiger charge is 2.04. The number of hydrogen-bond donors (Lipinski definition) is 0. The number of hydrogen-bond acceptors (Lipinski definition) is 3. The molecule has 4 aromatic rings. The van der Waals surface area contributed by atoms with Crippen LogP contribution in [0.1, 0.15) is 5.56 Å². The second-order valence-electron chi connectivity index (χ2n) is 5.54. The van der Waals surface area contributed by atoms with E-state index in [2.05, 4.69) is 57.8 Å². The van der Waals surface area contributed by atoms with Crippen LogP contribution < -0.4 is 0 Å². The molecular formula is C19H16N4. The fourth-order valence-electron chi connectivity index (χ4n) is 2.69. The topological polar surface area (TPSA) is 43.6 Å². The van der Waals surface area contributed by atoms with Crippen molar-refractivity contribution in [3.8, 4) is 11.3 Å². The second kappa shape index (κ2) is 6.01. The van der Waals surface area contributed by atoms with Gasteiger partial charge in [-0.25, -0.2) is 0 Å². The van der Waals surface area contributed by atoms with Gasteiger partial charge in [0.05, 0.1) is 6.20 Å². The number of aryl methyl sites for hydroxylation is 2. The Morgan fingerprint density at radius 1 is 0.913 bits per heavy atom. The van der Waals surface area contributed by atoms with Gasteiger partial charge in [-0.1, -0.05) is 47.7 Å². The summed E-state index contributed by atoms with van der Waals surface area (Å²) in [6, 6.07) is 18.9. The van der Waals surface area contributed by atoms with Gasteiger partial charge in [-0.3, -0.25) is 9.67 Å². The molecule has 0 N–H and O–H groups in total. The molecular weight excluding hydrogens is 284 g/mol. The average molecular weight is 300 g/mol. The third-order valence-corrected chi connectivity index (χ3v) is 3.94. The Bertz CT molecular complexity index is 928. The molecule has 4 rings (SSSR count). The van der Waals surface area contributed by atoms with E-state index in [9.17, 15) is 0 Å². The van der Waals surface area contributed by atoms with Gasteiger partial charge in [0.15, 0.2) is 0 Å². The zero-order valence-electron chi connectivity index (χ0n) is 12.6. The average Bonchev–Trinajstić information content (AvgIpc) is 3.10. The number of benzene rings is 2. The molecule has 0 bridgehead atoms. The maximum atomic E-state index is 4.22. The van der Waals surface area contributed by atoms with E-state index < -0.39 is 0 Å². The van der Waals surface area contributed by atoms with E-state index in [-0.39, 0.29) is 0 Å². The monoisotopic (exact) mass is 300 g/mol. The van der Waals surface area contributed by atoms with E-state index in [0.717, 1.165) is 24.2 Å². The first-order valence-electron chi connectivity index (χ1n) is 7.67. The zero-order valence-corrected chi connectivity index (χ0v) is 12.6. The molecule has 0 aliphatic carbocycles. The highest BCUT2D eigenvalue weighted by molar-refractivity contribution is 5.82. The minimum Gasteiger partial charge on any atom is -0.264 e. The van der Waals surface area contributed by atoms with Gasteiger partial charge < -0.3 is 0 Å². The molecule has 0 saturated heterocycles. The lowest BCUT2D eigenvalue weighted by Crippen LogP contribution is -2.02. The van der Waals surface area contributed by atoms with Crippen LogP contribution in [0.25, 0.3) is 22.0 Å². The van der Waals surface area contributed by atoms with Crippen LogP contribution in [-0.2, 0) is 13.0 Å². The molecule has 0 unspecified atom stereocenters. The van der Waals surface area contributed by atoms with E-state index in [0.29, 0.717) is 0 Å². The van der Waals surface area contributed by atoms with E-state index in [4.69, 9.17) is 0 Å². The lowest BCUT2D eigenvalue weighted by atomic mass is 10.1. The second-order valence-corrected chi connectivity index (χ2v) is 5.54. The summed E-state index contributed by atoms with van der Waals surface area (Å²) in [6.45, 7) is 0.811. The van der Waals surface area contributed by atoms with Gasteiger partial charge in [-0.15, -0.1) is 5.10 Å². The van der Waals surface area contributed by atoms with Crippen LogP contribution in [0.4, 0.5) is 0 Å². The highest BCUT2D eigenvalue weighted by Crippen LogP contribution is 2.17. The van der Waals surface area contributed by atoms with Gasteiger partial charge in [-0.2, -0.15) is 0 Å². The summed E-state index contributed by atoms with van der Waals surface area (Å²) < 4.78 is 1.89. The molecule has 0 amide bonds. The van der Waals surface area contributed by atoms with Crippen LogP contribution in [-0.4, -0.2) is 20.0 Å². The number of rotatable bonds is 4. The molecule has 0 aliphatic rings. The summed E-state index contributed by atoms with van der Waals surface area (Å²) in [7, 11) is 0. The van der Waals surface area contributed by atoms with Crippen LogP contribution in [0.5, 0.6) is 0 Å². The molecule has 0 fully saturated rings. The normalized spacial score (nSPS) is 11.0. The molecule has 4 nitrogen and oxygen atoms in total. The lowest BCUT2D eigenvalue weighted by molar-refractivity contribution is 0.589. The van der Waals surface area contributed by atoms with Crippen molar-refractivity contribution in [1.29, 1.82) is 0 Å². The summed E-state index contributed by atoms with van der Waals surface area (Å²) in [5, 5.41) is 11.0. The first kappa shape index (κ1) is 13.6. The Balaban J connectivity index is 1.49. The molecule has 2 aromatic carbocycles. The Hall–Kier alpha value is -3.01. The van der Waals surface area contributed by atoms with Gasteiger partial charge in [0.1, 0.15) is 5.69 Å². The van der Waals surface area contributed by atoms with Crippen LogP contribution in [0.3, 0.4) is 0 Å². The number of nitrogens with zero attached hydrogens (tertiary/aromatic N) is 4. The zero-order chi connectivity index (χ0) is 15.5. The van der Waals surface area contributed by atoms with Gasteiger partial charge in [0, 0.05) is 24.5 Å². The van der Waals surface area contributed by atoms with Crippen molar-refractivity contribution in [2.45, 2.75) is 13.0 Å². The molecule has 4 heteroatoms. The molecule has 23 heavy (non-hydrogen) atoms. The van der Waals surface area contributed by atoms with Crippen molar-refractivity contribution >= 4 is 10.8 Å². The van der Waals surface area contributed by atoms with Crippen molar-refractivity contribution in [2.75, 3.05) is 0 Å². The minimum atomic E-state index is 0.811. The maximum Gasteiger partial charge on any atom is 0.114 e. The predicted molar refractivity (Wildman–Crippen MR) is 90.9 cm³/mol. The number of fused-ring (bicyclic) bond motifs is 1. The van der Waals surface area contributed by atoms with E-state index in [1.165, 1.54) is 16.3 Å². The number of aromatic nitrogens is 4. The SMILES string of the molecule is c1cncc(-c2cn(CCc3ccc4ccccc4c3)nn2)c1. The fraction of sp³-hybridized carbons (Fsp3) is 0.105. The lowest BCUT2D eigenvalue weighted by Gasteiger charge is -2.04. The van der Waals surface area contributed by atoms with Gasteiger partial charge in [-0.05, 0) is 34.9 Å². The third-order valence-electron chi connectivity index (χ3n) is 3.94. The fourth-order valence-corrected chi connectivity index (χ4v) is 2.69. The molecule has 112 valence electrons. The molecule has 0 atom stereocenters. The highest BCUT2D eigenvalue weighted by atomic mass is 15.4. The minimum absolute atomic E-state index is 0.811. The van der Waals surface area contributed by atoms with Crippen molar-refractivity contribution in [3.05, 3.63) is 78.8 Å². The van der Waals surface area contributed by atoms with Crippen LogP contribution in [0.15, 0.2) is 73.2 Å². The molecule has 0 saturated carbocycles. The Morgan fingerprint density at radius 3 is 2.70 bits per heavy atom. The molecule has 0 radical (unpaired) electrons. The Kier molecular flexibility index (Phi) is 3.56. The maximum absolute atomic E-state index is 4.22. The molecule has 0 spiro atoms. The van der Waals surface area contributed by atoms with Crippen LogP contribution in [0, 0.1) is 0 Å². The van der Waals surface area contributed by atoms with E-state index >= 15 is 0 Å². The van der Waals surface area contributed by atoms with Gasteiger partial charge >= 0.3 is 0 Å². The van der Waals surface area contributed by atoms with Gasteiger partial charge in [0.2, 0.25) is 0 Å². The molecule has 2 aromatic heterocycles. The Morgan fingerprint density at radius 2 is 1.83 bits per heavy atom. The van der Waals surface area contributed by atoms with Gasteiger partial charge in [0.25, 0.3) is 0 Å². The van der Waals surface area contributed by atoms with Crippen molar-refractivity contribution < 1.29 is 0 Å². The summed E-state index contributed by atoms with van der Waals surface area (Å²) in [5.74, 6) is 0. The van der Waals surface area contributed by atoms with Crippen molar-refractivity contribution in [1.82, 2.24) is 20.0 Å². The van der Waals surface area contributed by atoms with E-state index in [1.54, 1.807) is 12.4 Å². The van der Waals surface area contributed by atoms with Crippen LogP contribution >= 0.6 is 0 Å². The standard InChI is InChI=1S/C19H16N4/c1-2-5-17-12-15(7-8-16(17)4-1)9-11-23-14-19(21-22-23)18-6-3-10-20-13-18/h1-8,10,12-14H,9,11H2. The van der Waals surface area contributed by atoms with Crippen molar-refractivity contribution in [2.24, 2.45) is 0 Å². The predicted octanol–water partition coefficient (Wildman–Crippen LogP) is 3.74. The first-order valence-corrected chi connectivity index (χ1v) is 7.67. The largest absolute Gasteiger partial charge is 0.264 e. The quantitative estimate of drug-likeness (QED) is 0.576. The van der Waals surface area contributed by atoms with E-state index in [1.807, 2.05) is 23.0 Å². The Labute approximate surface area is 134 Å². The van der Waals surface area contributed by atoms with Crippen molar-refractivity contribution in [3.63, 3.8) is 0 Å². The first-order chi connectivity index (χ1) is 11.4. The summed E-state index contributed by atoms with van der Waals surface area (Å²) in [4.78, 5) is 4.12. The summed E-state index contributed by atoms with van der Waals surface area (Å²) in [5.41, 5.74) is 3.16. The summed E-state index contributed by atoms with van der Waals surface area (Å²) >= 11 is 0. The van der Waals surface area contributed by atoms with Crippen LogP contribution in [0.2, 0.25) is 0 Å². The smallest absolute Gasteiger partial charge is 0.114 e. The molecule has 0 aliphatic heterocycles. The molecule has 2 heterocycles. The number of pyridine rings is 1. The third kappa shape index (κ3) is 2.97. The summed E-state index contributed by atoms with van der Waals surface area (Å²) in [6.07, 6.45) is 6.46.